The van der Waals surface area contributed by atoms with E-state index in [0.29, 0.717) is 28.5 Å². The third kappa shape index (κ3) is 4.83. The topological polar surface area (TPSA) is 94.6 Å². The highest BCUT2D eigenvalue weighted by molar-refractivity contribution is 6.18. The summed E-state index contributed by atoms with van der Waals surface area (Å²) in [6, 6.07) is 5.27. The largest absolute Gasteiger partial charge is 0.345 e. The van der Waals surface area contributed by atoms with Gasteiger partial charge in [-0.3, -0.25) is 14.6 Å². The van der Waals surface area contributed by atoms with E-state index in [2.05, 4.69) is 32.8 Å². The second-order valence-corrected chi connectivity index (χ2v) is 5.94. The highest BCUT2D eigenvalue weighted by atomic mass is 16.2. The Bertz CT molecular complexity index is 849. The number of hydrogen-bond donors (Lipinski definition) is 4. The van der Waals surface area contributed by atoms with Crippen LogP contribution in [-0.4, -0.2) is 25.1 Å². The molecule has 4 N–H and O–H groups in total. The van der Waals surface area contributed by atoms with E-state index in [1.54, 1.807) is 25.2 Å². The van der Waals surface area contributed by atoms with Crippen molar-refractivity contribution >= 4 is 29.4 Å². The number of amides is 2. The lowest BCUT2D eigenvalue weighted by molar-refractivity contribution is -0.114. The molecule has 0 saturated carbocycles. The number of benzene rings is 1. The van der Waals surface area contributed by atoms with Gasteiger partial charge in [-0.25, -0.2) is 0 Å². The van der Waals surface area contributed by atoms with Crippen LogP contribution in [0, 0.1) is 6.92 Å². The standard InChI is InChI=1S/C19H23N5O2/c1-11-8-15(6-7-17(11)23-14(4)25)24-19(26)16(10-20-5)18-21-12(2)9-13(3)22-18/h6-10,21-22H,2H2,1,3-5H3,(H,23,25)(H,24,26)/b18-16+,20-10-. The number of rotatable bonds is 4. The molecular weight excluding hydrogens is 330 g/mol. The van der Waals surface area contributed by atoms with E-state index in [1.165, 1.54) is 13.1 Å². The van der Waals surface area contributed by atoms with Crippen molar-refractivity contribution in [2.24, 2.45) is 4.99 Å². The van der Waals surface area contributed by atoms with Crippen molar-refractivity contribution in [3.63, 3.8) is 0 Å². The number of hydrogen-bond acceptors (Lipinski definition) is 5. The Morgan fingerprint density at radius 1 is 1.19 bits per heavy atom. The van der Waals surface area contributed by atoms with E-state index >= 15 is 0 Å². The second-order valence-electron chi connectivity index (χ2n) is 5.94. The zero-order valence-electron chi connectivity index (χ0n) is 15.4. The van der Waals surface area contributed by atoms with Gasteiger partial charge >= 0.3 is 0 Å². The third-order valence-electron chi connectivity index (χ3n) is 3.57. The van der Waals surface area contributed by atoms with Gasteiger partial charge in [0.15, 0.2) is 0 Å². The van der Waals surface area contributed by atoms with E-state index in [4.69, 9.17) is 0 Å². The van der Waals surface area contributed by atoms with Crippen LogP contribution in [0.2, 0.25) is 0 Å². The van der Waals surface area contributed by atoms with Crippen molar-refractivity contribution in [3.05, 3.63) is 59.2 Å². The first-order valence-corrected chi connectivity index (χ1v) is 8.07. The lowest BCUT2D eigenvalue weighted by atomic mass is 10.1. The number of carbonyl (C=O) groups is 2. The molecule has 0 bridgehead atoms. The average Bonchev–Trinajstić information content (AvgIpc) is 2.53. The van der Waals surface area contributed by atoms with Crippen molar-refractivity contribution < 1.29 is 9.59 Å². The average molecular weight is 353 g/mol. The van der Waals surface area contributed by atoms with E-state index in [9.17, 15) is 9.59 Å². The molecule has 1 aromatic carbocycles. The van der Waals surface area contributed by atoms with Gasteiger partial charge < -0.3 is 21.3 Å². The van der Waals surface area contributed by atoms with Gasteiger partial charge in [-0.1, -0.05) is 6.58 Å². The first-order valence-electron chi connectivity index (χ1n) is 8.07. The molecule has 1 aliphatic heterocycles. The molecule has 0 radical (unpaired) electrons. The molecule has 2 amide bonds. The Morgan fingerprint density at radius 2 is 1.92 bits per heavy atom. The molecule has 0 fully saturated rings. The highest BCUT2D eigenvalue weighted by Gasteiger charge is 2.17. The molecule has 1 aromatic rings. The Kier molecular flexibility index (Phi) is 5.95. The molecule has 1 heterocycles. The van der Waals surface area contributed by atoms with Gasteiger partial charge in [-0.15, -0.1) is 0 Å². The molecule has 0 saturated heterocycles. The smallest absolute Gasteiger partial charge is 0.260 e. The molecule has 0 spiro atoms. The van der Waals surface area contributed by atoms with Gasteiger partial charge in [0.1, 0.15) is 5.82 Å². The van der Waals surface area contributed by atoms with Crippen molar-refractivity contribution in [2.45, 2.75) is 20.8 Å². The Hall–Kier alpha value is -3.35. The van der Waals surface area contributed by atoms with Gasteiger partial charge in [-0.2, -0.15) is 0 Å². The Balaban J connectivity index is 2.26. The number of nitrogens with zero attached hydrogens (tertiary/aromatic N) is 1. The quantitative estimate of drug-likeness (QED) is 0.494. The minimum absolute atomic E-state index is 0.144. The normalized spacial score (nSPS) is 15.7. The number of carbonyl (C=O) groups excluding carboxylic acids is 2. The first-order chi connectivity index (χ1) is 12.3. The molecule has 26 heavy (non-hydrogen) atoms. The lowest BCUT2D eigenvalue weighted by Gasteiger charge is -2.22. The number of anilines is 2. The maximum Gasteiger partial charge on any atom is 0.260 e. The van der Waals surface area contributed by atoms with Crippen LogP contribution in [0.1, 0.15) is 19.4 Å². The first kappa shape index (κ1) is 19.0. The van der Waals surface area contributed by atoms with Crippen molar-refractivity contribution in [1.29, 1.82) is 0 Å². The molecule has 0 aliphatic carbocycles. The van der Waals surface area contributed by atoms with E-state index in [0.717, 1.165) is 11.3 Å². The Morgan fingerprint density at radius 3 is 2.50 bits per heavy atom. The van der Waals surface area contributed by atoms with Crippen LogP contribution in [0.25, 0.3) is 0 Å². The minimum atomic E-state index is -0.320. The fraction of sp³-hybridized carbons (Fsp3) is 0.211. The summed E-state index contributed by atoms with van der Waals surface area (Å²) in [5.74, 6) is 0.0543. The fourth-order valence-corrected chi connectivity index (χ4v) is 2.49. The molecular formula is C19H23N5O2. The zero-order valence-corrected chi connectivity index (χ0v) is 15.4. The summed E-state index contributed by atoms with van der Waals surface area (Å²) in [6.07, 6.45) is 3.32. The predicted octanol–water partition coefficient (Wildman–Crippen LogP) is 2.41. The van der Waals surface area contributed by atoms with Crippen molar-refractivity contribution in [1.82, 2.24) is 10.6 Å². The van der Waals surface area contributed by atoms with Crippen LogP contribution < -0.4 is 21.3 Å². The van der Waals surface area contributed by atoms with Crippen molar-refractivity contribution in [2.75, 3.05) is 17.7 Å². The van der Waals surface area contributed by atoms with Crippen LogP contribution >= 0.6 is 0 Å². The predicted molar refractivity (Wildman–Crippen MR) is 105 cm³/mol. The molecule has 7 nitrogen and oxygen atoms in total. The number of aryl methyl sites for hydroxylation is 1. The third-order valence-corrected chi connectivity index (χ3v) is 3.57. The molecule has 0 aromatic heterocycles. The van der Waals surface area contributed by atoms with E-state index in [-0.39, 0.29) is 11.8 Å². The van der Waals surface area contributed by atoms with Crippen LogP contribution in [0.4, 0.5) is 11.4 Å². The summed E-state index contributed by atoms with van der Waals surface area (Å²) >= 11 is 0. The maximum atomic E-state index is 12.7. The lowest BCUT2D eigenvalue weighted by Crippen LogP contribution is -2.33. The zero-order chi connectivity index (χ0) is 19.3. The summed E-state index contributed by atoms with van der Waals surface area (Å²) in [4.78, 5) is 27.9. The van der Waals surface area contributed by atoms with Crippen molar-refractivity contribution in [3.8, 4) is 0 Å². The summed E-state index contributed by atoms with van der Waals surface area (Å²) in [5, 5.41) is 11.7. The minimum Gasteiger partial charge on any atom is -0.345 e. The van der Waals surface area contributed by atoms with Gasteiger partial charge in [0.05, 0.1) is 5.57 Å². The molecule has 0 unspecified atom stereocenters. The van der Waals surface area contributed by atoms with Gasteiger partial charge in [0, 0.05) is 43.0 Å². The molecule has 136 valence electrons. The molecule has 7 heteroatoms. The number of nitrogens with one attached hydrogen (secondary N) is 4. The van der Waals surface area contributed by atoms with Crippen LogP contribution in [-0.2, 0) is 9.59 Å². The van der Waals surface area contributed by atoms with Crippen LogP contribution in [0.3, 0.4) is 0 Å². The summed E-state index contributed by atoms with van der Waals surface area (Å²) in [7, 11) is 1.60. The Labute approximate surface area is 153 Å². The van der Waals surface area contributed by atoms with Gasteiger partial charge in [0.25, 0.3) is 5.91 Å². The molecule has 2 rings (SSSR count). The van der Waals surface area contributed by atoms with Gasteiger partial charge in [-0.05, 0) is 43.7 Å². The van der Waals surface area contributed by atoms with Crippen LogP contribution in [0.5, 0.6) is 0 Å². The summed E-state index contributed by atoms with van der Waals surface area (Å²) < 4.78 is 0. The monoisotopic (exact) mass is 353 g/mol. The second kappa shape index (κ2) is 8.15. The molecule has 1 aliphatic rings. The summed E-state index contributed by atoms with van der Waals surface area (Å²) in [6.45, 7) is 9.06. The number of allylic oxidation sites excluding steroid dienone is 2. The highest BCUT2D eigenvalue weighted by Crippen LogP contribution is 2.20. The SMILES string of the molecule is C=C1C=C(C)N/C(=C(\C=N/C)C(=O)Nc2ccc(NC(C)=O)c(C)c2)N1. The van der Waals surface area contributed by atoms with E-state index < -0.39 is 0 Å². The fourth-order valence-electron chi connectivity index (χ4n) is 2.49. The van der Waals surface area contributed by atoms with E-state index in [1.807, 2.05) is 19.9 Å². The number of aliphatic imine (C=N–C) groups is 1. The van der Waals surface area contributed by atoms with Crippen LogP contribution in [0.15, 0.2) is 58.6 Å². The summed E-state index contributed by atoms with van der Waals surface area (Å²) in [5.41, 5.74) is 4.07. The van der Waals surface area contributed by atoms with Gasteiger partial charge in [0.2, 0.25) is 5.91 Å². The maximum absolute atomic E-state index is 12.7. The molecule has 0 atom stereocenters.